The quantitative estimate of drug-likeness (QED) is 0.607. The lowest BCUT2D eigenvalue weighted by Gasteiger charge is -2.26. The zero-order valence-corrected chi connectivity index (χ0v) is 17.1. The van der Waals surface area contributed by atoms with E-state index in [2.05, 4.69) is 28.5 Å². The number of H-pyrrole nitrogens is 1. The van der Waals surface area contributed by atoms with Crippen LogP contribution in [-0.4, -0.2) is 16.8 Å². The lowest BCUT2D eigenvalue weighted by molar-refractivity contribution is 0.0936. The minimum atomic E-state index is -0.765. The number of pyridine rings is 1. The highest BCUT2D eigenvalue weighted by Gasteiger charge is 2.27. The van der Waals surface area contributed by atoms with Gasteiger partial charge in [-0.15, -0.1) is 11.3 Å². The van der Waals surface area contributed by atoms with Crippen molar-refractivity contribution in [3.63, 3.8) is 0 Å². The van der Waals surface area contributed by atoms with Crippen molar-refractivity contribution < 1.29 is 9.59 Å². The smallest absolute Gasteiger partial charge is 0.261 e. The van der Waals surface area contributed by atoms with Crippen molar-refractivity contribution >= 4 is 23.2 Å². The van der Waals surface area contributed by atoms with E-state index in [0.717, 1.165) is 36.9 Å². The number of aryl methyl sites for hydroxylation is 3. The first-order chi connectivity index (χ1) is 14.5. The molecule has 4 N–H and O–H groups in total. The molecular weight excluding hydrogens is 398 g/mol. The Balaban J connectivity index is 1.44. The molecule has 2 amide bonds. The lowest BCUT2D eigenvalue weighted by atomic mass is 9.90. The molecule has 3 aromatic rings. The number of rotatable bonds is 3. The number of benzene rings is 1. The molecule has 0 radical (unpaired) electrons. The number of amides is 2. The molecule has 2 aliphatic rings. The van der Waals surface area contributed by atoms with Crippen molar-refractivity contribution in [1.82, 2.24) is 10.3 Å². The molecule has 0 saturated heterocycles. The molecule has 0 fully saturated rings. The van der Waals surface area contributed by atoms with E-state index in [9.17, 15) is 14.4 Å². The summed E-state index contributed by atoms with van der Waals surface area (Å²) in [4.78, 5) is 41.3. The van der Waals surface area contributed by atoms with Gasteiger partial charge in [0, 0.05) is 10.6 Å². The van der Waals surface area contributed by atoms with Crippen LogP contribution in [0.2, 0.25) is 0 Å². The van der Waals surface area contributed by atoms with Crippen LogP contribution in [0.25, 0.3) is 10.4 Å². The Morgan fingerprint density at radius 3 is 2.73 bits per heavy atom. The molecule has 0 aliphatic heterocycles. The van der Waals surface area contributed by atoms with Crippen LogP contribution in [-0.2, 0) is 19.3 Å². The number of thiophene rings is 1. The fraction of sp³-hybridized carbons (Fsp3) is 0.261. The molecule has 2 aliphatic carbocycles. The van der Waals surface area contributed by atoms with Crippen LogP contribution >= 0.6 is 11.3 Å². The van der Waals surface area contributed by atoms with Gasteiger partial charge in [-0.25, -0.2) is 0 Å². The number of aromatic amines is 1. The monoisotopic (exact) mass is 419 g/mol. The standard InChI is InChI=1S/C23H21N3O3S/c24-21(27)16-11-15-17(25-22(16)28)6-3-7-18(15)26-23(29)19-10-13-9-8-12-4-1-2-5-14(12)20(13)30-19/h1-2,4-5,10-11,18H,3,6-9H2,(H2,24,27)(H,25,28)(H,26,29). The Morgan fingerprint density at radius 2 is 1.90 bits per heavy atom. The average Bonchev–Trinajstić information content (AvgIpc) is 3.18. The minimum Gasteiger partial charge on any atom is -0.365 e. The molecule has 152 valence electrons. The third-order valence-electron chi connectivity index (χ3n) is 5.98. The zero-order chi connectivity index (χ0) is 20.8. The van der Waals surface area contributed by atoms with E-state index in [1.165, 1.54) is 39.0 Å². The Bertz CT molecular complexity index is 1240. The van der Waals surface area contributed by atoms with E-state index in [4.69, 9.17) is 5.73 Å². The third kappa shape index (κ3) is 3.15. The van der Waals surface area contributed by atoms with Crippen molar-refractivity contribution in [3.05, 3.63) is 79.6 Å². The molecule has 2 aromatic heterocycles. The third-order valence-corrected chi connectivity index (χ3v) is 7.19. The van der Waals surface area contributed by atoms with Crippen molar-refractivity contribution in [2.75, 3.05) is 0 Å². The van der Waals surface area contributed by atoms with Gasteiger partial charge in [0.2, 0.25) is 0 Å². The first kappa shape index (κ1) is 18.8. The van der Waals surface area contributed by atoms with Gasteiger partial charge in [0.15, 0.2) is 0 Å². The molecule has 0 bridgehead atoms. The van der Waals surface area contributed by atoms with Crippen LogP contribution in [0.4, 0.5) is 0 Å². The maximum absolute atomic E-state index is 13.1. The largest absolute Gasteiger partial charge is 0.365 e. The highest BCUT2D eigenvalue weighted by molar-refractivity contribution is 7.17. The topological polar surface area (TPSA) is 105 Å². The molecular formula is C23H21N3O3S. The first-order valence-corrected chi connectivity index (χ1v) is 10.9. The lowest BCUT2D eigenvalue weighted by Crippen LogP contribution is -2.33. The summed E-state index contributed by atoms with van der Waals surface area (Å²) in [5.41, 5.74) is 10.1. The predicted octanol–water partition coefficient (Wildman–Crippen LogP) is 3.11. The number of fused-ring (bicyclic) bond motifs is 4. The van der Waals surface area contributed by atoms with E-state index in [0.29, 0.717) is 11.3 Å². The van der Waals surface area contributed by atoms with Crippen LogP contribution < -0.4 is 16.6 Å². The Labute approximate surface area is 177 Å². The predicted molar refractivity (Wildman–Crippen MR) is 116 cm³/mol. The van der Waals surface area contributed by atoms with Gasteiger partial charge in [0.25, 0.3) is 17.4 Å². The number of hydrogen-bond donors (Lipinski definition) is 3. The molecule has 6 nitrogen and oxygen atoms in total. The van der Waals surface area contributed by atoms with E-state index < -0.39 is 11.5 Å². The molecule has 0 spiro atoms. The summed E-state index contributed by atoms with van der Waals surface area (Å²) < 4.78 is 0. The number of carbonyl (C=O) groups is 2. The van der Waals surface area contributed by atoms with E-state index in [-0.39, 0.29) is 17.5 Å². The van der Waals surface area contributed by atoms with E-state index >= 15 is 0 Å². The van der Waals surface area contributed by atoms with Crippen molar-refractivity contribution in [1.29, 1.82) is 0 Å². The van der Waals surface area contributed by atoms with Gasteiger partial charge in [-0.05, 0) is 66.5 Å². The zero-order valence-electron chi connectivity index (χ0n) is 16.3. The van der Waals surface area contributed by atoms with Crippen LogP contribution in [0, 0.1) is 0 Å². The maximum atomic E-state index is 13.1. The molecule has 30 heavy (non-hydrogen) atoms. The molecule has 1 aromatic carbocycles. The highest BCUT2D eigenvalue weighted by atomic mass is 32.1. The van der Waals surface area contributed by atoms with Gasteiger partial charge in [0.1, 0.15) is 5.56 Å². The number of nitrogens with two attached hydrogens (primary N) is 1. The van der Waals surface area contributed by atoms with Gasteiger partial charge in [-0.1, -0.05) is 24.3 Å². The minimum absolute atomic E-state index is 0.0712. The van der Waals surface area contributed by atoms with E-state index in [1.54, 1.807) is 0 Å². The summed E-state index contributed by atoms with van der Waals surface area (Å²) in [6, 6.07) is 11.6. The normalized spacial score (nSPS) is 16.9. The Hall–Kier alpha value is -3.19. The van der Waals surface area contributed by atoms with Crippen LogP contribution in [0.5, 0.6) is 0 Å². The number of aromatic nitrogens is 1. The fourth-order valence-electron chi connectivity index (χ4n) is 4.49. The van der Waals surface area contributed by atoms with E-state index in [1.807, 2.05) is 12.1 Å². The van der Waals surface area contributed by atoms with Gasteiger partial charge in [0.05, 0.1) is 10.9 Å². The van der Waals surface area contributed by atoms with Crippen molar-refractivity contribution in [3.8, 4) is 10.4 Å². The van der Waals surface area contributed by atoms with Crippen LogP contribution in [0.1, 0.15) is 61.3 Å². The Morgan fingerprint density at radius 1 is 1.10 bits per heavy atom. The second-order valence-electron chi connectivity index (χ2n) is 7.85. The highest BCUT2D eigenvalue weighted by Crippen LogP contribution is 2.39. The maximum Gasteiger partial charge on any atom is 0.261 e. The summed E-state index contributed by atoms with van der Waals surface area (Å²) in [6.07, 6.45) is 4.22. The molecule has 5 rings (SSSR count). The van der Waals surface area contributed by atoms with Gasteiger partial charge in [-0.3, -0.25) is 14.4 Å². The molecule has 0 saturated carbocycles. The van der Waals surface area contributed by atoms with Gasteiger partial charge >= 0.3 is 0 Å². The molecule has 1 atom stereocenters. The second kappa shape index (κ2) is 7.25. The number of hydrogen-bond acceptors (Lipinski definition) is 4. The molecule has 2 heterocycles. The summed E-state index contributed by atoms with van der Waals surface area (Å²) in [5, 5.41) is 3.11. The molecule has 1 unspecified atom stereocenters. The van der Waals surface area contributed by atoms with Crippen LogP contribution in [0.15, 0.2) is 41.2 Å². The van der Waals surface area contributed by atoms with Gasteiger partial charge < -0.3 is 16.0 Å². The first-order valence-electron chi connectivity index (χ1n) is 10.1. The second-order valence-corrected chi connectivity index (χ2v) is 8.90. The van der Waals surface area contributed by atoms with Crippen molar-refractivity contribution in [2.45, 2.75) is 38.1 Å². The Kier molecular flexibility index (Phi) is 4.55. The van der Waals surface area contributed by atoms with Crippen molar-refractivity contribution in [2.24, 2.45) is 5.73 Å². The SMILES string of the molecule is NC(=O)c1cc2c([nH]c1=O)CCCC2NC(=O)c1cc2c(s1)-c1ccccc1CC2. The number of nitrogens with one attached hydrogen (secondary N) is 2. The fourth-order valence-corrected chi connectivity index (χ4v) is 5.66. The number of primary amides is 1. The molecule has 7 heteroatoms. The van der Waals surface area contributed by atoms with Gasteiger partial charge in [-0.2, -0.15) is 0 Å². The summed E-state index contributed by atoms with van der Waals surface area (Å²) in [5.74, 6) is -0.893. The summed E-state index contributed by atoms with van der Waals surface area (Å²) in [6.45, 7) is 0. The van der Waals surface area contributed by atoms with Crippen LogP contribution in [0.3, 0.4) is 0 Å². The summed E-state index contributed by atoms with van der Waals surface area (Å²) >= 11 is 1.52. The average molecular weight is 420 g/mol. The number of carbonyl (C=O) groups excluding carboxylic acids is 2. The summed E-state index contributed by atoms with van der Waals surface area (Å²) in [7, 11) is 0.